The SMILES string of the molecule is COCCCCCNC(=O)Nc1cccc(OCCOC)c1. The lowest BCUT2D eigenvalue weighted by atomic mass is 10.2. The average Bonchev–Trinajstić information content (AvgIpc) is 2.51. The average molecular weight is 310 g/mol. The van der Waals surface area contributed by atoms with E-state index in [0.29, 0.717) is 31.2 Å². The van der Waals surface area contributed by atoms with Gasteiger partial charge >= 0.3 is 6.03 Å². The molecule has 22 heavy (non-hydrogen) atoms. The first-order chi connectivity index (χ1) is 10.8. The Labute approximate surface area is 132 Å². The number of amides is 2. The van der Waals surface area contributed by atoms with Gasteiger partial charge in [0.15, 0.2) is 0 Å². The minimum atomic E-state index is -0.208. The third kappa shape index (κ3) is 8.49. The molecule has 0 bridgehead atoms. The van der Waals surface area contributed by atoms with E-state index in [1.807, 2.05) is 18.2 Å². The molecule has 0 saturated carbocycles. The molecule has 124 valence electrons. The lowest BCUT2D eigenvalue weighted by Crippen LogP contribution is -2.29. The quantitative estimate of drug-likeness (QED) is 0.617. The fourth-order valence-electron chi connectivity index (χ4n) is 1.83. The van der Waals surface area contributed by atoms with E-state index in [4.69, 9.17) is 14.2 Å². The van der Waals surface area contributed by atoms with E-state index in [1.165, 1.54) is 0 Å². The largest absolute Gasteiger partial charge is 0.491 e. The van der Waals surface area contributed by atoms with Crippen LogP contribution < -0.4 is 15.4 Å². The van der Waals surface area contributed by atoms with E-state index in [1.54, 1.807) is 20.3 Å². The van der Waals surface area contributed by atoms with Gasteiger partial charge in [-0.3, -0.25) is 0 Å². The molecule has 1 aromatic rings. The number of urea groups is 1. The van der Waals surface area contributed by atoms with Gasteiger partial charge in [-0.25, -0.2) is 4.79 Å². The van der Waals surface area contributed by atoms with Gasteiger partial charge in [0, 0.05) is 39.1 Å². The summed E-state index contributed by atoms with van der Waals surface area (Å²) in [5, 5.41) is 5.62. The van der Waals surface area contributed by atoms with Gasteiger partial charge in [0.25, 0.3) is 0 Å². The lowest BCUT2D eigenvalue weighted by molar-refractivity contribution is 0.146. The zero-order chi connectivity index (χ0) is 16.0. The predicted molar refractivity (Wildman–Crippen MR) is 86.6 cm³/mol. The first-order valence-corrected chi connectivity index (χ1v) is 7.52. The Hall–Kier alpha value is -1.79. The fraction of sp³-hybridized carbons (Fsp3) is 0.562. The van der Waals surface area contributed by atoms with E-state index >= 15 is 0 Å². The topological polar surface area (TPSA) is 68.8 Å². The van der Waals surface area contributed by atoms with Crippen molar-refractivity contribution in [2.24, 2.45) is 0 Å². The van der Waals surface area contributed by atoms with Gasteiger partial charge in [-0.05, 0) is 31.4 Å². The number of methoxy groups -OCH3 is 2. The molecule has 0 atom stereocenters. The first-order valence-electron chi connectivity index (χ1n) is 7.52. The molecule has 0 heterocycles. The first kappa shape index (κ1) is 18.3. The van der Waals surface area contributed by atoms with Crippen LogP contribution in [0.25, 0.3) is 0 Å². The normalized spacial score (nSPS) is 10.3. The second kappa shape index (κ2) is 11.8. The molecule has 0 aliphatic carbocycles. The highest BCUT2D eigenvalue weighted by Crippen LogP contribution is 2.17. The Balaban J connectivity index is 2.24. The van der Waals surface area contributed by atoms with Crippen LogP contribution >= 0.6 is 0 Å². The molecular formula is C16H26N2O4. The Morgan fingerprint density at radius 1 is 1.05 bits per heavy atom. The van der Waals surface area contributed by atoms with Gasteiger partial charge in [-0.1, -0.05) is 6.07 Å². The molecule has 6 nitrogen and oxygen atoms in total. The van der Waals surface area contributed by atoms with Crippen LogP contribution in [0.3, 0.4) is 0 Å². The van der Waals surface area contributed by atoms with Crippen LogP contribution in [-0.4, -0.2) is 46.6 Å². The van der Waals surface area contributed by atoms with Crippen LogP contribution in [0.4, 0.5) is 10.5 Å². The van der Waals surface area contributed by atoms with Crippen LogP contribution in [-0.2, 0) is 9.47 Å². The minimum Gasteiger partial charge on any atom is -0.491 e. The number of hydrogen-bond acceptors (Lipinski definition) is 4. The molecular weight excluding hydrogens is 284 g/mol. The zero-order valence-electron chi connectivity index (χ0n) is 13.4. The Bertz CT molecular complexity index is 426. The van der Waals surface area contributed by atoms with Crippen LogP contribution in [0.2, 0.25) is 0 Å². The maximum absolute atomic E-state index is 11.8. The summed E-state index contributed by atoms with van der Waals surface area (Å²) in [6.45, 7) is 2.43. The third-order valence-electron chi connectivity index (χ3n) is 2.96. The second-order valence-corrected chi connectivity index (χ2v) is 4.80. The van der Waals surface area contributed by atoms with E-state index in [0.717, 1.165) is 25.9 Å². The molecule has 0 radical (unpaired) electrons. The van der Waals surface area contributed by atoms with Crippen molar-refractivity contribution in [3.05, 3.63) is 24.3 Å². The molecule has 2 N–H and O–H groups in total. The smallest absolute Gasteiger partial charge is 0.319 e. The van der Waals surface area contributed by atoms with E-state index in [2.05, 4.69) is 10.6 Å². The van der Waals surface area contributed by atoms with Crippen molar-refractivity contribution in [3.63, 3.8) is 0 Å². The molecule has 0 spiro atoms. The maximum Gasteiger partial charge on any atom is 0.319 e. The van der Waals surface area contributed by atoms with Gasteiger partial charge in [0.2, 0.25) is 0 Å². The van der Waals surface area contributed by atoms with Gasteiger partial charge in [0.1, 0.15) is 12.4 Å². The van der Waals surface area contributed by atoms with Crippen LogP contribution in [0.15, 0.2) is 24.3 Å². The lowest BCUT2D eigenvalue weighted by Gasteiger charge is -2.10. The minimum absolute atomic E-state index is 0.208. The van der Waals surface area contributed by atoms with Crippen LogP contribution in [0, 0.1) is 0 Å². The van der Waals surface area contributed by atoms with Crippen molar-refractivity contribution in [2.45, 2.75) is 19.3 Å². The van der Waals surface area contributed by atoms with Crippen LogP contribution in [0.1, 0.15) is 19.3 Å². The molecule has 6 heteroatoms. The summed E-state index contributed by atoms with van der Waals surface area (Å²) < 4.78 is 15.4. The third-order valence-corrected chi connectivity index (χ3v) is 2.96. The second-order valence-electron chi connectivity index (χ2n) is 4.80. The summed E-state index contributed by atoms with van der Waals surface area (Å²) in [5.41, 5.74) is 0.701. The summed E-state index contributed by atoms with van der Waals surface area (Å²) >= 11 is 0. The predicted octanol–water partition coefficient (Wildman–Crippen LogP) is 2.65. The number of unbranched alkanes of at least 4 members (excludes halogenated alkanes) is 2. The molecule has 0 aromatic heterocycles. The number of hydrogen-bond donors (Lipinski definition) is 2. The number of nitrogens with one attached hydrogen (secondary N) is 2. The van der Waals surface area contributed by atoms with Crippen LogP contribution in [0.5, 0.6) is 5.75 Å². The van der Waals surface area contributed by atoms with E-state index < -0.39 is 0 Å². The molecule has 2 amide bonds. The van der Waals surface area contributed by atoms with Gasteiger partial charge in [-0.2, -0.15) is 0 Å². The highest BCUT2D eigenvalue weighted by molar-refractivity contribution is 5.89. The summed E-state index contributed by atoms with van der Waals surface area (Å²) in [7, 11) is 3.32. The number of rotatable bonds is 11. The molecule has 0 aliphatic heterocycles. The molecule has 0 saturated heterocycles. The van der Waals surface area contributed by atoms with Crippen molar-refractivity contribution in [3.8, 4) is 5.75 Å². The van der Waals surface area contributed by atoms with Crippen molar-refractivity contribution >= 4 is 11.7 Å². The fourth-order valence-corrected chi connectivity index (χ4v) is 1.83. The molecule has 0 aliphatic rings. The number of carbonyl (C=O) groups excluding carboxylic acids is 1. The molecule has 0 fully saturated rings. The number of benzene rings is 1. The van der Waals surface area contributed by atoms with E-state index in [9.17, 15) is 4.79 Å². The number of ether oxygens (including phenoxy) is 3. The van der Waals surface area contributed by atoms with E-state index in [-0.39, 0.29) is 6.03 Å². The summed E-state index contributed by atoms with van der Waals surface area (Å²) in [6, 6.07) is 7.08. The maximum atomic E-state index is 11.8. The molecule has 1 aromatic carbocycles. The van der Waals surface area contributed by atoms with Gasteiger partial charge < -0.3 is 24.8 Å². The Morgan fingerprint density at radius 2 is 1.86 bits per heavy atom. The Kier molecular flexibility index (Phi) is 9.81. The van der Waals surface area contributed by atoms with Crippen molar-refractivity contribution in [2.75, 3.05) is 45.9 Å². The highest BCUT2D eigenvalue weighted by Gasteiger charge is 2.02. The van der Waals surface area contributed by atoms with Crippen molar-refractivity contribution in [1.82, 2.24) is 5.32 Å². The summed E-state index contributed by atoms with van der Waals surface area (Å²) in [6.07, 6.45) is 2.99. The molecule has 0 unspecified atom stereocenters. The number of anilines is 1. The Morgan fingerprint density at radius 3 is 2.64 bits per heavy atom. The van der Waals surface area contributed by atoms with Crippen molar-refractivity contribution < 1.29 is 19.0 Å². The summed E-state index contributed by atoms with van der Waals surface area (Å²) in [4.78, 5) is 11.8. The van der Waals surface area contributed by atoms with Gasteiger partial charge in [-0.15, -0.1) is 0 Å². The van der Waals surface area contributed by atoms with Gasteiger partial charge in [0.05, 0.1) is 6.61 Å². The monoisotopic (exact) mass is 310 g/mol. The zero-order valence-corrected chi connectivity index (χ0v) is 13.4. The van der Waals surface area contributed by atoms with Crippen molar-refractivity contribution in [1.29, 1.82) is 0 Å². The standard InChI is InChI=1S/C16H26N2O4/c1-20-10-5-3-4-9-17-16(19)18-14-7-6-8-15(13-14)22-12-11-21-2/h6-8,13H,3-5,9-12H2,1-2H3,(H2,17,18,19). The molecule has 1 rings (SSSR count). The number of carbonyl (C=O) groups is 1. The highest BCUT2D eigenvalue weighted by atomic mass is 16.5. The summed E-state index contributed by atoms with van der Waals surface area (Å²) in [5.74, 6) is 0.703.